The Hall–Kier alpha value is -2.94. The average Bonchev–Trinajstić information content (AvgIpc) is 3.20. The number of carbonyl (C=O) groups excluding carboxylic acids is 2. The zero-order valence-electron chi connectivity index (χ0n) is 15.4. The molecule has 2 aromatic carbocycles. The van der Waals surface area contributed by atoms with Crippen LogP contribution in [0.3, 0.4) is 0 Å². The summed E-state index contributed by atoms with van der Waals surface area (Å²) in [5.74, 6) is 0.154. The number of nitrogens with one attached hydrogen (secondary N) is 1. The molecule has 3 rings (SSSR count). The first-order chi connectivity index (χ1) is 13.2. The van der Waals surface area contributed by atoms with Crippen molar-refractivity contribution in [1.29, 1.82) is 0 Å². The molecule has 0 spiro atoms. The van der Waals surface area contributed by atoms with Gasteiger partial charge in [-0.1, -0.05) is 86.3 Å². The third-order valence-corrected chi connectivity index (χ3v) is 4.84. The molecule has 0 bridgehead atoms. The highest BCUT2D eigenvalue weighted by atomic mass is 16.2. The molecule has 1 aliphatic carbocycles. The van der Waals surface area contributed by atoms with E-state index in [4.69, 9.17) is 0 Å². The molecule has 2 aromatic rings. The summed E-state index contributed by atoms with van der Waals surface area (Å²) in [6.07, 6.45) is 10.1. The summed E-state index contributed by atoms with van der Waals surface area (Å²) in [6.45, 7) is 0. The monoisotopic (exact) mass is 359 g/mol. The molecule has 0 atom stereocenters. The van der Waals surface area contributed by atoms with Gasteiger partial charge in [-0.05, 0) is 29.2 Å². The fourth-order valence-electron chi connectivity index (χ4n) is 3.40. The van der Waals surface area contributed by atoms with Gasteiger partial charge >= 0.3 is 0 Å². The van der Waals surface area contributed by atoms with E-state index in [1.54, 1.807) is 12.2 Å². The second-order valence-corrected chi connectivity index (χ2v) is 6.98. The van der Waals surface area contributed by atoms with Crippen LogP contribution in [0.1, 0.15) is 43.2 Å². The van der Waals surface area contributed by atoms with Crippen LogP contribution < -0.4 is 5.32 Å². The molecule has 27 heavy (non-hydrogen) atoms. The number of amides is 1. The second-order valence-electron chi connectivity index (χ2n) is 6.98. The van der Waals surface area contributed by atoms with Gasteiger partial charge in [0.1, 0.15) is 0 Å². The molecule has 3 nitrogen and oxygen atoms in total. The van der Waals surface area contributed by atoms with Crippen LogP contribution in [0.15, 0.2) is 72.4 Å². The van der Waals surface area contributed by atoms with Crippen molar-refractivity contribution >= 4 is 23.8 Å². The summed E-state index contributed by atoms with van der Waals surface area (Å²) < 4.78 is 0. The Morgan fingerprint density at radius 2 is 1.48 bits per heavy atom. The number of Topliss-reactive ketones (excluding diaryl/α,β-unsaturated/α-hetero) is 1. The fourth-order valence-corrected chi connectivity index (χ4v) is 3.40. The molecule has 1 aliphatic rings. The van der Waals surface area contributed by atoms with Gasteiger partial charge in [0, 0.05) is 12.5 Å². The van der Waals surface area contributed by atoms with E-state index in [0.717, 1.165) is 24.0 Å². The molecule has 0 radical (unpaired) electrons. The van der Waals surface area contributed by atoms with Crippen LogP contribution in [0.5, 0.6) is 0 Å². The van der Waals surface area contributed by atoms with Crippen molar-refractivity contribution in [3.8, 4) is 0 Å². The van der Waals surface area contributed by atoms with E-state index in [1.165, 1.54) is 18.9 Å². The Balaban J connectivity index is 1.72. The third-order valence-electron chi connectivity index (χ3n) is 4.84. The number of hydrogen-bond donors (Lipinski definition) is 1. The van der Waals surface area contributed by atoms with Crippen molar-refractivity contribution in [3.05, 3.63) is 83.6 Å². The van der Waals surface area contributed by atoms with Gasteiger partial charge in [-0.25, -0.2) is 0 Å². The maximum absolute atomic E-state index is 12.8. The van der Waals surface area contributed by atoms with Gasteiger partial charge in [0.05, 0.1) is 5.70 Å². The SMILES string of the molecule is O=C(/C=C/c1ccccc1)N/C(=C\c1ccccc1)C(=O)CC1CCCC1. The molecule has 138 valence electrons. The molecule has 0 aliphatic heterocycles. The van der Waals surface area contributed by atoms with Crippen molar-refractivity contribution in [1.82, 2.24) is 5.32 Å². The molecular formula is C24H25NO2. The molecule has 1 saturated carbocycles. The quantitative estimate of drug-likeness (QED) is 0.707. The van der Waals surface area contributed by atoms with Crippen LogP contribution in [-0.2, 0) is 9.59 Å². The topological polar surface area (TPSA) is 46.2 Å². The van der Waals surface area contributed by atoms with Gasteiger partial charge in [0.2, 0.25) is 5.91 Å². The smallest absolute Gasteiger partial charge is 0.248 e. The molecule has 3 heteroatoms. The zero-order valence-corrected chi connectivity index (χ0v) is 15.4. The van der Waals surface area contributed by atoms with E-state index >= 15 is 0 Å². The summed E-state index contributed by atoms with van der Waals surface area (Å²) >= 11 is 0. The summed E-state index contributed by atoms with van der Waals surface area (Å²) in [5.41, 5.74) is 2.22. The lowest BCUT2D eigenvalue weighted by Crippen LogP contribution is -2.26. The van der Waals surface area contributed by atoms with Crippen LogP contribution >= 0.6 is 0 Å². The highest BCUT2D eigenvalue weighted by Crippen LogP contribution is 2.28. The number of allylic oxidation sites excluding steroid dienone is 1. The van der Waals surface area contributed by atoms with Gasteiger partial charge in [0.15, 0.2) is 5.78 Å². The van der Waals surface area contributed by atoms with E-state index in [9.17, 15) is 9.59 Å². The maximum atomic E-state index is 12.8. The highest BCUT2D eigenvalue weighted by molar-refractivity contribution is 6.05. The van der Waals surface area contributed by atoms with Crippen LogP contribution in [0, 0.1) is 5.92 Å². The van der Waals surface area contributed by atoms with Crippen molar-refractivity contribution in [2.45, 2.75) is 32.1 Å². The van der Waals surface area contributed by atoms with Crippen molar-refractivity contribution < 1.29 is 9.59 Å². The average molecular weight is 359 g/mol. The Labute approximate surface area is 160 Å². The van der Waals surface area contributed by atoms with Crippen molar-refractivity contribution in [3.63, 3.8) is 0 Å². The molecule has 0 aromatic heterocycles. The van der Waals surface area contributed by atoms with Gasteiger partial charge < -0.3 is 5.32 Å². The molecule has 0 heterocycles. The van der Waals surface area contributed by atoms with Crippen molar-refractivity contribution in [2.75, 3.05) is 0 Å². The minimum Gasteiger partial charge on any atom is -0.319 e. The number of carbonyl (C=O) groups is 2. The first-order valence-electron chi connectivity index (χ1n) is 9.55. The summed E-state index contributed by atoms with van der Waals surface area (Å²) in [7, 11) is 0. The highest BCUT2D eigenvalue weighted by Gasteiger charge is 2.21. The Bertz CT molecular complexity index is 816. The van der Waals surface area contributed by atoms with Crippen LogP contribution in [0.4, 0.5) is 0 Å². The number of benzene rings is 2. The molecule has 1 amide bonds. The van der Waals surface area contributed by atoms with E-state index in [-0.39, 0.29) is 11.7 Å². The largest absolute Gasteiger partial charge is 0.319 e. The fraction of sp³-hybridized carbons (Fsp3) is 0.250. The van der Waals surface area contributed by atoms with Crippen molar-refractivity contribution in [2.24, 2.45) is 5.92 Å². The number of ketones is 1. The van der Waals surface area contributed by atoms with Crippen LogP contribution in [0.2, 0.25) is 0 Å². The van der Waals surface area contributed by atoms with E-state index < -0.39 is 0 Å². The normalized spacial score (nSPS) is 15.2. The minimum absolute atomic E-state index is 0.00668. The minimum atomic E-state index is -0.291. The first kappa shape index (κ1) is 18.8. The summed E-state index contributed by atoms with van der Waals surface area (Å²) in [4.78, 5) is 25.2. The lowest BCUT2D eigenvalue weighted by atomic mass is 9.98. The lowest BCUT2D eigenvalue weighted by Gasteiger charge is -2.11. The Morgan fingerprint density at radius 3 is 2.11 bits per heavy atom. The van der Waals surface area contributed by atoms with E-state index in [0.29, 0.717) is 18.0 Å². The van der Waals surface area contributed by atoms with Gasteiger partial charge in [-0.3, -0.25) is 9.59 Å². The Morgan fingerprint density at radius 1 is 0.889 bits per heavy atom. The summed E-state index contributed by atoms with van der Waals surface area (Å²) in [5, 5.41) is 2.80. The predicted octanol–water partition coefficient (Wildman–Crippen LogP) is 5.01. The molecule has 1 N–H and O–H groups in total. The molecule has 1 fully saturated rings. The maximum Gasteiger partial charge on any atom is 0.248 e. The standard InChI is InChI=1S/C24H25NO2/c26-23(18-21-13-7-8-14-21)22(17-20-11-5-2-6-12-20)25-24(27)16-15-19-9-3-1-4-10-19/h1-6,9-12,15-17,21H,7-8,13-14,18H2,(H,25,27)/b16-15+,22-17-. The first-order valence-corrected chi connectivity index (χ1v) is 9.55. The van der Waals surface area contributed by atoms with E-state index in [1.807, 2.05) is 60.7 Å². The molecule has 0 saturated heterocycles. The lowest BCUT2D eigenvalue weighted by molar-refractivity contribution is -0.120. The van der Waals surface area contributed by atoms with E-state index in [2.05, 4.69) is 5.32 Å². The predicted molar refractivity (Wildman–Crippen MR) is 110 cm³/mol. The van der Waals surface area contributed by atoms with Gasteiger partial charge in [-0.15, -0.1) is 0 Å². The third kappa shape index (κ3) is 6.07. The Kier molecular flexibility index (Phi) is 6.75. The zero-order chi connectivity index (χ0) is 18.9. The van der Waals surface area contributed by atoms with Crippen LogP contribution in [-0.4, -0.2) is 11.7 Å². The van der Waals surface area contributed by atoms with Gasteiger partial charge in [-0.2, -0.15) is 0 Å². The number of rotatable bonds is 7. The molecule has 0 unspecified atom stereocenters. The molecular weight excluding hydrogens is 334 g/mol. The second kappa shape index (κ2) is 9.67. The van der Waals surface area contributed by atoms with Gasteiger partial charge in [0.25, 0.3) is 0 Å². The number of hydrogen-bond acceptors (Lipinski definition) is 2. The van der Waals surface area contributed by atoms with Crippen LogP contribution in [0.25, 0.3) is 12.2 Å². The summed E-state index contributed by atoms with van der Waals surface area (Å²) in [6, 6.07) is 19.2.